The van der Waals surface area contributed by atoms with Crippen LogP contribution < -0.4 is 10.2 Å². The zero-order valence-electron chi connectivity index (χ0n) is 10.2. The number of nitro groups is 1. The molecule has 0 unspecified atom stereocenters. The van der Waals surface area contributed by atoms with Crippen LogP contribution in [0.25, 0.3) is 0 Å². The number of anilines is 1. The highest BCUT2D eigenvalue weighted by molar-refractivity contribution is 6.28. The smallest absolute Gasteiger partial charge is 0.332 e. The third-order valence-corrected chi connectivity index (χ3v) is 2.93. The van der Waals surface area contributed by atoms with Crippen LogP contribution in [0.4, 0.5) is 11.5 Å². The Kier molecular flexibility index (Phi) is 3.79. The van der Waals surface area contributed by atoms with Gasteiger partial charge in [0.1, 0.15) is 5.69 Å². The Morgan fingerprint density at radius 1 is 1.47 bits per heavy atom. The first-order valence-electron chi connectivity index (χ1n) is 5.69. The average Bonchev–Trinajstić information content (AvgIpc) is 2.52. The van der Waals surface area contributed by atoms with E-state index in [0.717, 1.165) is 0 Å². The average molecular weight is 286 g/mol. The van der Waals surface area contributed by atoms with E-state index in [9.17, 15) is 14.9 Å². The monoisotopic (exact) mass is 285 g/mol. The van der Waals surface area contributed by atoms with Gasteiger partial charge in [-0.1, -0.05) is 0 Å². The van der Waals surface area contributed by atoms with E-state index in [0.29, 0.717) is 19.5 Å². The van der Waals surface area contributed by atoms with E-state index in [4.69, 9.17) is 11.6 Å². The summed E-state index contributed by atoms with van der Waals surface area (Å²) in [4.78, 5) is 31.3. The maximum absolute atomic E-state index is 11.5. The molecule has 0 aliphatic carbocycles. The molecule has 2 heterocycles. The van der Waals surface area contributed by atoms with Crippen LogP contribution >= 0.6 is 11.6 Å². The summed E-state index contributed by atoms with van der Waals surface area (Å²) in [5, 5.41) is 13.7. The highest BCUT2D eigenvalue weighted by Gasteiger charge is 2.28. The number of hydrogen-bond acceptors (Lipinski definition) is 6. The lowest BCUT2D eigenvalue weighted by molar-refractivity contribution is -0.385. The van der Waals surface area contributed by atoms with Crippen LogP contribution in [-0.4, -0.2) is 40.4 Å². The molecule has 0 spiro atoms. The number of carbonyl (C=O) groups is 1. The molecule has 1 aliphatic rings. The van der Waals surface area contributed by atoms with E-state index in [1.165, 1.54) is 6.92 Å². The van der Waals surface area contributed by atoms with Crippen molar-refractivity contribution >= 4 is 29.0 Å². The minimum Gasteiger partial charge on any atom is -0.354 e. The predicted molar refractivity (Wildman–Crippen MR) is 68.3 cm³/mol. The molecule has 0 radical (unpaired) electrons. The lowest BCUT2D eigenvalue weighted by Crippen LogP contribution is -2.34. The number of aryl methyl sites for hydroxylation is 1. The number of amides is 1. The number of carbonyl (C=O) groups excluding carboxylic acids is 1. The van der Waals surface area contributed by atoms with Crippen molar-refractivity contribution < 1.29 is 9.72 Å². The third-order valence-electron chi connectivity index (χ3n) is 2.76. The second kappa shape index (κ2) is 5.35. The van der Waals surface area contributed by atoms with Gasteiger partial charge in [-0.25, -0.2) is 4.98 Å². The van der Waals surface area contributed by atoms with Crippen molar-refractivity contribution in [3.8, 4) is 0 Å². The van der Waals surface area contributed by atoms with Crippen molar-refractivity contribution in [3.05, 3.63) is 21.1 Å². The summed E-state index contributed by atoms with van der Waals surface area (Å²) in [5.41, 5.74) is -0.0243. The quantitative estimate of drug-likeness (QED) is 0.487. The summed E-state index contributed by atoms with van der Waals surface area (Å²) in [6.45, 7) is 2.55. The zero-order chi connectivity index (χ0) is 14.0. The molecule has 1 fully saturated rings. The van der Waals surface area contributed by atoms with Gasteiger partial charge in [-0.15, -0.1) is 0 Å². The van der Waals surface area contributed by atoms with Gasteiger partial charge in [-0.2, -0.15) is 4.98 Å². The van der Waals surface area contributed by atoms with E-state index >= 15 is 0 Å². The standard InChI is InChI=1S/C10H12ClN5O3/c1-6-8(16(18)19)9(14-10(11)13-6)15-4-2-3-12-7(17)5-15/h2-5H2,1H3,(H,12,17). The largest absolute Gasteiger partial charge is 0.354 e. The fourth-order valence-electron chi connectivity index (χ4n) is 1.94. The molecule has 2 rings (SSSR count). The van der Waals surface area contributed by atoms with E-state index in [1.54, 1.807) is 4.90 Å². The molecule has 9 heteroatoms. The first-order chi connectivity index (χ1) is 8.99. The molecular weight excluding hydrogens is 274 g/mol. The minimum atomic E-state index is -0.552. The first-order valence-corrected chi connectivity index (χ1v) is 6.07. The highest BCUT2D eigenvalue weighted by Crippen LogP contribution is 2.30. The number of halogens is 1. The summed E-state index contributed by atoms with van der Waals surface area (Å²) in [6, 6.07) is 0. The van der Waals surface area contributed by atoms with Crippen molar-refractivity contribution in [2.45, 2.75) is 13.3 Å². The fourth-order valence-corrected chi connectivity index (χ4v) is 2.15. The molecule has 1 amide bonds. The summed E-state index contributed by atoms with van der Waals surface area (Å²) >= 11 is 5.75. The number of hydrogen-bond donors (Lipinski definition) is 1. The van der Waals surface area contributed by atoms with Crippen molar-refractivity contribution in [2.24, 2.45) is 0 Å². The highest BCUT2D eigenvalue weighted by atomic mass is 35.5. The number of nitrogens with zero attached hydrogens (tertiary/aromatic N) is 4. The Hall–Kier alpha value is -1.96. The SMILES string of the molecule is Cc1nc(Cl)nc(N2CCCNC(=O)C2)c1[N+](=O)[O-]. The van der Waals surface area contributed by atoms with Gasteiger partial charge in [0.15, 0.2) is 0 Å². The normalized spacial score (nSPS) is 15.9. The molecule has 102 valence electrons. The molecule has 1 aromatic rings. The maximum atomic E-state index is 11.5. The molecule has 0 aromatic carbocycles. The van der Waals surface area contributed by atoms with Gasteiger partial charge in [-0.05, 0) is 24.9 Å². The van der Waals surface area contributed by atoms with Crippen molar-refractivity contribution in [3.63, 3.8) is 0 Å². The van der Waals surface area contributed by atoms with Gasteiger partial charge in [0.05, 0.1) is 11.5 Å². The predicted octanol–water partition coefficient (Wildman–Crippen LogP) is 0.673. The van der Waals surface area contributed by atoms with Gasteiger partial charge in [0, 0.05) is 13.1 Å². The Morgan fingerprint density at radius 2 is 2.21 bits per heavy atom. The minimum absolute atomic E-state index is 0.0215. The van der Waals surface area contributed by atoms with Crippen LogP contribution in [-0.2, 0) is 4.79 Å². The molecule has 0 atom stereocenters. The Bertz CT molecular complexity index is 536. The molecule has 19 heavy (non-hydrogen) atoms. The maximum Gasteiger partial charge on any atom is 0.332 e. The lowest BCUT2D eigenvalue weighted by Gasteiger charge is -2.20. The van der Waals surface area contributed by atoms with Crippen LogP contribution in [0.3, 0.4) is 0 Å². The van der Waals surface area contributed by atoms with Gasteiger partial charge in [-0.3, -0.25) is 14.9 Å². The molecule has 0 saturated carbocycles. The van der Waals surface area contributed by atoms with E-state index in [1.807, 2.05) is 0 Å². The van der Waals surface area contributed by atoms with Crippen LogP contribution in [0.5, 0.6) is 0 Å². The fraction of sp³-hybridized carbons (Fsp3) is 0.500. The molecule has 1 aliphatic heterocycles. The number of rotatable bonds is 2. The summed E-state index contributed by atoms with van der Waals surface area (Å²) < 4.78 is 0. The summed E-state index contributed by atoms with van der Waals surface area (Å²) in [6.07, 6.45) is 0.684. The second-order valence-electron chi connectivity index (χ2n) is 4.13. The van der Waals surface area contributed by atoms with Gasteiger partial charge in [0.2, 0.25) is 17.0 Å². The third kappa shape index (κ3) is 2.90. The van der Waals surface area contributed by atoms with Gasteiger partial charge < -0.3 is 10.2 Å². The van der Waals surface area contributed by atoms with Crippen LogP contribution in [0.15, 0.2) is 0 Å². The summed E-state index contributed by atoms with van der Waals surface area (Å²) in [7, 11) is 0. The Balaban J connectivity index is 2.47. The number of nitrogens with one attached hydrogen (secondary N) is 1. The summed E-state index contributed by atoms with van der Waals surface area (Å²) in [5.74, 6) is -0.0984. The van der Waals surface area contributed by atoms with Crippen molar-refractivity contribution in [2.75, 3.05) is 24.5 Å². The molecule has 8 nitrogen and oxygen atoms in total. The molecule has 0 bridgehead atoms. The van der Waals surface area contributed by atoms with Crippen LogP contribution in [0.1, 0.15) is 12.1 Å². The first kappa shape index (κ1) is 13.5. The second-order valence-corrected chi connectivity index (χ2v) is 4.47. The Morgan fingerprint density at radius 3 is 2.89 bits per heavy atom. The lowest BCUT2D eigenvalue weighted by atomic mass is 10.3. The van der Waals surface area contributed by atoms with Gasteiger partial charge >= 0.3 is 5.69 Å². The topological polar surface area (TPSA) is 101 Å². The van der Waals surface area contributed by atoms with Crippen molar-refractivity contribution in [1.29, 1.82) is 0 Å². The van der Waals surface area contributed by atoms with E-state index < -0.39 is 4.92 Å². The van der Waals surface area contributed by atoms with E-state index in [2.05, 4.69) is 15.3 Å². The molecule has 1 saturated heterocycles. The molecule has 1 aromatic heterocycles. The van der Waals surface area contributed by atoms with Crippen molar-refractivity contribution in [1.82, 2.24) is 15.3 Å². The molecular formula is C10H12ClN5O3. The van der Waals surface area contributed by atoms with Crippen LogP contribution in [0, 0.1) is 17.0 Å². The number of aromatic nitrogens is 2. The Labute approximate surface area is 113 Å². The van der Waals surface area contributed by atoms with Crippen LogP contribution in [0.2, 0.25) is 5.28 Å². The zero-order valence-corrected chi connectivity index (χ0v) is 11.0. The van der Waals surface area contributed by atoms with Gasteiger partial charge in [0.25, 0.3) is 0 Å². The van der Waals surface area contributed by atoms with E-state index in [-0.39, 0.29) is 34.9 Å². The molecule has 1 N–H and O–H groups in total.